The highest BCUT2D eigenvalue weighted by Gasteiger charge is 2.23. The van der Waals surface area contributed by atoms with E-state index in [1.165, 1.54) is 0 Å². The fourth-order valence-electron chi connectivity index (χ4n) is 3.02. The van der Waals surface area contributed by atoms with Crippen molar-refractivity contribution in [2.75, 3.05) is 10.6 Å². The van der Waals surface area contributed by atoms with E-state index in [0.29, 0.717) is 28.0 Å². The Kier molecular flexibility index (Phi) is 5.53. The Morgan fingerprint density at radius 2 is 2.00 bits per heavy atom. The van der Waals surface area contributed by atoms with E-state index in [-0.39, 0.29) is 17.8 Å². The zero-order valence-electron chi connectivity index (χ0n) is 14.5. The first kappa shape index (κ1) is 18.3. The van der Waals surface area contributed by atoms with Crippen LogP contribution in [-0.2, 0) is 0 Å². The third-order valence-electron chi connectivity index (χ3n) is 4.46. The first-order valence-corrected chi connectivity index (χ1v) is 8.91. The molecule has 138 valence electrons. The molecule has 1 aliphatic carbocycles. The quantitative estimate of drug-likeness (QED) is 0.630. The normalized spacial score (nSPS) is 19.8. The van der Waals surface area contributed by atoms with Gasteiger partial charge in [0.1, 0.15) is 5.82 Å². The second kappa shape index (κ2) is 7.84. The Balaban J connectivity index is 1.86. The van der Waals surface area contributed by atoms with Crippen molar-refractivity contribution >= 4 is 34.8 Å². The number of hydrogen-bond acceptors (Lipinski definition) is 7. The molecule has 2 unspecified atom stereocenters. The molecule has 2 aromatic heterocycles. The number of halogens is 1. The fourth-order valence-corrected chi connectivity index (χ4v) is 3.13. The summed E-state index contributed by atoms with van der Waals surface area (Å²) in [7, 11) is 0. The summed E-state index contributed by atoms with van der Waals surface area (Å²) in [5, 5.41) is 15.0. The number of anilines is 3. The highest BCUT2D eigenvalue weighted by molar-refractivity contribution is 6.31. The number of carbonyl (C=O) groups excluding carboxylic acids is 1. The second-order valence-corrected chi connectivity index (χ2v) is 6.85. The zero-order valence-corrected chi connectivity index (χ0v) is 15.3. The highest BCUT2D eigenvalue weighted by Crippen LogP contribution is 2.25. The predicted molar refractivity (Wildman–Crippen MR) is 102 cm³/mol. The van der Waals surface area contributed by atoms with E-state index in [4.69, 9.17) is 23.1 Å². The van der Waals surface area contributed by atoms with Crippen molar-refractivity contribution in [3.05, 3.63) is 34.6 Å². The van der Waals surface area contributed by atoms with Gasteiger partial charge in [-0.3, -0.25) is 4.79 Å². The van der Waals surface area contributed by atoms with Gasteiger partial charge >= 0.3 is 0 Å². The van der Waals surface area contributed by atoms with Crippen LogP contribution in [-0.4, -0.2) is 33.2 Å². The fraction of sp³-hybridized carbons (Fsp3) is 0.412. The molecular formula is C17H22ClN7O. The van der Waals surface area contributed by atoms with E-state index in [0.717, 1.165) is 25.7 Å². The molecule has 0 bridgehead atoms. The van der Waals surface area contributed by atoms with Crippen LogP contribution in [0.3, 0.4) is 0 Å². The van der Waals surface area contributed by atoms with Crippen molar-refractivity contribution in [3.63, 3.8) is 0 Å². The lowest BCUT2D eigenvalue weighted by atomic mass is 9.91. The molecule has 6 N–H and O–H groups in total. The van der Waals surface area contributed by atoms with Gasteiger partial charge < -0.3 is 22.1 Å². The molecule has 0 saturated heterocycles. The van der Waals surface area contributed by atoms with E-state index >= 15 is 0 Å². The zero-order chi connectivity index (χ0) is 18.7. The summed E-state index contributed by atoms with van der Waals surface area (Å²) in [6.07, 6.45) is 4.21. The molecule has 8 nitrogen and oxygen atoms in total. The standard InChI is InChI=1S/C17H22ClN7O/c1-9-10(18)6-7-14(21-9)23-13-8-15(24-25-16(13)17(20)26)22-12-5-3-2-4-11(12)19/h6-8,11-12H,2-5,19H2,1H3,(H2,20,26)(H2,21,22,23,24). The van der Waals surface area contributed by atoms with Crippen LogP contribution in [0.5, 0.6) is 0 Å². The SMILES string of the molecule is Cc1nc(Nc2cc(NC3CCCCC3N)nnc2C(N)=O)ccc1Cl. The van der Waals surface area contributed by atoms with Gasteiger partial charge in [-0.05, 0) is 31.9 Å². The van der Waals surface area contributed by atoms with Gasteiger partial charge in [0.2, 0.25) is 0 Å². The molecular weight excluding hydrogens is 354 g/mol. The van der Waals surface area contributed by atoms with Crippen molar-refractivity contribution in [2.24, 2.45) is 11.5 Å². The smallest absolute Gasteiger partial charge is 0.271 e. The number of carbonyl (C=O) groups is 1. The molecule has 1 amide bonds. The third kappa shape index (κ3) is 4.20. The topological polar surface area (TPSA) is 132 Å². The number of hydrogen-bond donors (Lipinski definition) is 4. The number of rotatable bonds is 5. The van der Waals surface area contributed by atoms with Crippen molar-refractivity contribution in [3.8, 4) is 0 Å². The summed E-state index contributed by atoms with van der Waals surface area (Å²) in [5.74, 6) is 0.389. The summed E-state index contributed by atoms with van der Waals surface area (Å²) < 4.78 is 0. The van der Waals surface area contributed by atoms with E-state index in [2.05, 4.69) is 25.8 Å². The van der Waals surface area contributed by atoms with E-state index < -0.39 is 5.91 Å². The first-order chi connectivity index (χ1) is 12.4. The van der Waals surface area contributed by atoms with Crippen molar-refractivity contribution < 1.29 is 4.79 Å². The maximum absolute atomic E-state index is 11.7. The summed E-state index contributed by atoms with van der Waals surface area (Å²) >= 11 is 6.00. The molecule has 2 aromatic rings. The molecule has 3 rings (SSSR count). The van der Waals surface area contributed by atoms with Gasteiger partial charge in [-0.25, -0.2) is 4.98 Å². The van der Waals surface area contributed by atoms with Crippen LogP contribution in [0.25, 0.3) is 0 Å². The first-order valence-electron chi connectivity index (χ1n) is 8.54. The summed E-state index contributed by atoms with van der Waals surface area (Å²) in [4.78, 5) is 16.0. The average molecular weight is 376 g/mol. The lowest BCUT2D eigenvalue weighted by Crippen LogP contribution is -2.42. The number of aromatic nitrogens is 3. The predicted octanol–water partition coefficient (Wildman–Crippen LogP) is 2.36. The molecule has 0 aliphatic heterocycles. The highest BCUT2D eigenvalue weighted by atomic mass is 35.5. The minimum atomic E-state index is -0.674. The van der Waals surface area contributed by atoms with Crippen LogP contribution in [0, 0.1) is 6.92 Å². The number of nitrogens with zero attached hydrogens (tertiary/aromatic N) is 3. The molecule has 2 atom stereocenters. The molecule has 26 heavy (non-hydrogen) atoms. The van der Waals surface area contributed by atoms with Gasteiger partial charge in [0.05, 0.1) is 16.4 Å². The summed E-state index contributed by atoms with van der Waals surface area (Å²) in [6.45, 7) is 1.80. The van der Waals surface area contributed by atoms with Crippen LogP contribution < -0.4 is 22.1 Å². The van der Waals surface area contributed by atoms with Gasteiger partial charge in [0.15, 0.2) is 11.5 Å². The Morgan fingerprint density at radius 3 is 2.69 bits per heavy atom. The number of pyridine rings is 1. The number of primary amides is 1. The number of nitrogens with two attached hydrogens (primary N) is 2. The molecule has 1 aliphatic rings. The Bertz CT molecular complexity index is 814. The van der Waals surface area contributed by atoms with Gasteiger partial charge in [0, 0.05) is 18.2 Å². The number of nitrogens with one attached hydrogen (secondary N) is 2. The van der Waals surface area contributed by atoms with Crippen molar-refractivity contribution in [1.29, 1.82) is 0 Å². The van der Waals surface area contributed by atoms with Crippen molar-refractivity contribution in [2.45, 2.75) is 44.7 Å². The van der Waals surface area contributed by atoms with Gasteiger partial charge in [0.25, 0.3) is 5.91 Å². The minimum Gasteiger partial charge on any atom is -0.364 e. The second-order valence-electron chi connectivity index (χ2n) is 6.44. The average Bonchev–Trinajstić information content (AvgIpc) is 2.60. The van der Waals surface area contributed by atoms with Gasteiger partial charge in [-0.2, -0.15) is 0 Å². The lowest BCUT2D eigenvalue weighted by Gasteiger charge is -2.29. The molecule has 1 fully saturated rings. The van der Waals surface area contributed by atoms with Crippen LogP contribution in [0.1, 0.15) is 41.9 Å². The third-order valence-corrected chi connectivity index (χ3v) is 4.86. The Morgan fingerprint density at radius 1 is 1.23 bits per heavy atom. The number of amides is 1. The molecule has 0 aromatic carbocycles. The lowest BCUT2D eigenvalue weighted by molar-refractivity contribution is 0.0995. The summed E-state index contributed by atoms with van der Waals surface area (Å²) in [5.41, 5.74) is 12.7. The number of aryl methyl sites for hydroxylation is 1. The molecule has 9 heteroatoms. The van der Waals surface area contributed by atoms with Crippen LogP contribution in [0.15, 0.2) is 18.2 Å². The van der Waals surface area contributed by atoms with E-state index in [1.54, 1.807) is 25.1 Å². The van der Waals surface area contributed by atoms with Crippen molar-refractivity contribution in [1.82, 2.24) is 15.2 Å². The van der Waals surface area contributed by atoms with E-state index in [1.807, 2.05) is 0 Å². The minimum absolute atomic E-state index is 0.0397. The molecule has 2 heterocycles. The monoisotopic (exact) mass is 375 g/mol. The molecule has 1 saturated carbocycles. The molecule has 0 spiro atoms. The Labute approximate surface area is 156 Å². The largest absolute Gasteiger partial charge is 0.364 e. The molecule has 0 radical (unpaired) electrons. The van der Waals surface area contributed by atoms with Crippen LogP contribution in [0.4, 0.5) is 17.3 Å². The summed E-state index contributed by atoms with van der Waals surface area (Å²) in [6, 6.07) is 5.33. The van der Waals surface area contributed by atoms with Crippen LogP contribution in [0.2, 0.25) is 5.02 Å². The van der Waals surface area contributed by atoms with Gasteiger partial charge in [-0.1, -0.05) is 24.4 Å². The maximum atomic E-state index is 11.7. The maximum Gasteiger partial charge on any atom is 0.271 e. The van der Waals surface area contributed by atoms with Crippen LogP contribution >= 0.6 is 11.6 Å². The Hall–Kier alpha value is -2.45. The van der Waals surface area contributed by atoms with Gasteiger partial charge in [-0.15, -0.1) is 10.2 Å². The van der Waals surface area contributed by atoms with E-state index in [9.17, 15) is 4.79 Å².